The fraction of sp³-hybridized carbons (Fsp3) is 0.381. The quantitative estimate of drug-likeness (QED) is 0.348. The fourth-order valence-electron chi connectivity index (χ4n) is 2.34. The summed E-state index contributed by atoms with van der Waals surface area (Å²) < 4.78 is 13.1. The Morgan fingerprint density at radius 1 is 1.04 bits per heavy atom. The first-order valence-electron chi connectivity index (χ1n) is 8.52. The zero-order chi connectivity index (χ0) is 19.5. The molecule has 0 aliphatic rings. The molecule has 0 aromatic heterocycles. The Hall–Kier alpha value is -1.33. The van der Waals surface area contributed by atoms with Crippen molar-refractivity contribution in [2.75, 3.05) is 6.61 Å². The number of benzene rings is 2. The standard InChI is InChI=1S/C21H24Br2O3/c1-13(2)12-25-19-8-6-14(10-17(19)23)20(24)26-18-9-7-15(22)11-16(18)21(3,4)5/h6-11,13H,12H2,1-5H3. The van der Waals surface area contributed by atoms with Crippen molar-refractivity contribution in [3.63, 3.8) is 0 Å². The smallest absolute Gasteiger partial charge is 0.343 e. The van der Waals surface area contributed by atoms with Crippen LogP contribution in [0.4, 0.5) is 0 Å². The van der Waals surface area contributed by atoms with Gasteiger partial charge in [-0.2, -0.15) is 0 Å². The first kappa shape index (κ1) is 21.0. The van der Waals surface area contributed by atoms with E-state index >= 15 is 0 Å². The third-order valence-electron chi connectivity index (χ3n) is 3.69. The van der Waals surface area contributed by atoms with E-state index < -0.39 is 5.97 Å². The lowest BCUT2D eigenvalue weighted by molar-refractivity contribution is 0.0731. The zero-order valence-electron chi connectivity index (χ0n) is 15.7. The van der Waals surface area contributed by atoms with E-state index in [4.69, 9.17) is 9.47 Å². The molecule has 2 rings (SSSR count). The second kappa shape index (κ2) is 8.57. The highest BCUT2D eigenvalue weighted by molar-refractivity contribution is 9.10. The van der Waals surface area contributed by atoms with Gasteiger partial charge in [-0.1, -0.05) is 50.5 Å². The first-order chi connectivity index (χ1) is 12.1. The second-order valence-electron chi connectivity index (χ2n) is 7.63. The van der Waals surface area contributed by atoms with Gasteiger partial charge in [0, 0.05) is 10.0 Å². The summed E-state index contributed by atoms with van der Waals surface area (Å²) in [6, 6.07) is 10.9. The first-order valence-corrected chi connectivity index (χ1v) is 10.1. The molecule has 140 valence electrons. The molecule has 0 atom stereocenters. The van der Waals surface area contributed by atoms with Crippen LogP contribution in [-0.2, 0) is 5.41 Å². The third kappa shape index (κ3) is 5.58. The Labute approximate surface area is 172 Å². The largest absolute Gasteiger partial charge is 0.492 e. The van der Waals surface area contributed by atoms with E-state index in [0.29, 0.717) is 29.6 Å². The van der Waals surface area contributed by atoms with Gasteiger partial charge < -0.3 is 9.47 Å². The Morgan fingerprint density at radius 3 is 2.27 bits per heavy atom. The van der Waals surface area contributed by atoms with Crippen molar-refractivity contribution in [1.29, 1.82) is 0 Å². The zero-order valence-corrected chi connectivity index (χ0v) is 18.9. The number of carbonyl (C=O) groups is 1. The molecule has 0 N–H and O–H groups in total. The molecule has 0 saturated carbocycles. The maximum Gasteiger partial charge on any atom is 0.343 e. The predicted molar refractivity (Wildman–Crippen MR) is 112 cm³/mol. The molecule has 0 amide bonds. The molecular formula is C21H24Br2O3. The van der Waals surface area contributed by atoms with E-state index in [1.54, 1.807) is 18.2 Å². The van der Waals surface area contributed by atoms with Gasteiger partial charge in [0.15, 0.2) is 0 Å². The fourth-order valence-corrected chi connectivity index (χ4v) is 3.19. The van der Waals surface area contributed by atoms with Crippen molar-refractivity contribution in [3.05, 3.63) is 56.5 Å². The van der Waals surface area contributed by atoms with E-state index in [-0.39, 0.29) is 5.41 Å². The molecule has 0 bridgehead atoms. The topological polar surface area (TPSA) is 35.5 Å². The molecule has 2 aromatic rings. The Kier molecular flexibility index (Phi) is 6.92. The van der Waals surface area contributed by atoms with Crippen LogP contribution >= 0.6 is 31.9 Å². The van der Waals surface area contributed by atoms with Crippen LogP contribution in [0.5, 0.6) is 11.5 Å². The molecule has 5 heteroatoms. The number of esters is 1. The monoisotopic (exact) mass is 482 g/mol. The molecule has 26 heavy (non-hydrogen) atoms. The molecule has 0 aliphatic carbocycles. The highest BCUT2D eigenvalue weighted by Crippen LogP contribution is 2.34. The maximum atomic E-state index is 12.6. The van der Waals surface area contributed by atoms with E-state index in [2.05, 4.69) is 66.5 Å². The Balaban J connectivity index is 2.22. The Bertz CT molecular complexity index is 792. The van der Waals surface area contributed by atoms with Crippen molar-refractivity contribution in [1.82, 2.24) is 0 Å². The van der Waals surface area contributed by atoms with Crippen LogP contribution in [0.3, 0.4) is 0 Å². The lowest BCUT2D eigenvalue weighted by Crippen LogP contribution is -2.16. The second-order valence-corrected chi connectivity index (χ2v) is 9.40. The summed E-state index contributed by atoms with van der Waals surface area (Å²) in [5.41, 5.74) is 1.29. The SMILES string of the molecule is CC(C)COc1ccc(C(=O)Oc2ccc(Br)cc2C(C)(C)C)cc1Br. The van der Waals surface area contributed by atoms with Gasteiger partial charge in [-0.25, -0.2) is 4.79 Å². The number of rotatable bonds is 5. The average molecular weight is 484 g/mol. The van der Waals surface area contributed by atoms with Crippen molar-refractivity contribution in [2.45, 2.75) is 40.0 Å². The number of hydrogen-bond acceptors (Lipinski definition) is 3. The summed E-state index contributed by atoms with van der Waals surface area (Å²) in [7, 11) is 0. The van der Waals surface area contributed by atoms with Gasteiger partial charge in [0.2, 0.25) is 0 Å². The summed E-state index contributed by atoms with van der Waals surface area (Å²) >= 11 is 6.95. The van der Waals surface area contributed by atoms with Gasteiger partial charge in [-0.05, 0) is 63.7 Å². The summed E-state index contributed by atoms with van der Waals surface area (Å²) in [4.78, 5) is 12.6. The molecule has 0 aliphatic heterocycles. The van der Waals surface area contributed by atoms with E-state index in [1.807, 2.05) is 18.2 Å². The lowest BCUT2D eigenvalue weighted by Gasteiger charge is -2.22. The van der Waals surface area contributed by atoms with Crippen LogP contribution in [0.2, 0.25) is 0 Å². The van der Waals surface area contributed by atoms with Crippen molar-refractivity contribution in [2.24, 2.45) is 5.92 Å². The molecule has 0 fully saturated rings. The molecular weight excluding hydrogens is 460 g/mol. The maximum absolute atomic E-state index is 12.6. The van der Waals surface area contributed by atoms with Crippen LogP contribution in [0.25, 0.3) is 0 Å². The summed E-state index contributed by atoms with van der Waals surface area (Å²) in [5.74, 6) is 1.32. The number of halogens is 2. The van der Waals surface area contributed by atoms with E-state index in [9.17, 15) is 4.79 Å². The van der Waals surface area contributed by atoms with E-state index in [1.165, 1.54) is 0 Å². The Morgan fingerprint density at radius 2 is 1.69 bits per heavy atom. The lowest BCUT2D eigenvalue weighted by atomic mass is 9.86. The normalized spacial score (nSPS) is 11.5. The number of carbonyl (C=O) groups excluding carboxylic acids is 1. The van der Waals surface area contributed by atoms with Crippen molar-refractivity contribution >= 4 is 37.8 Å². The van der Waals surface area contributed by atoms with E-state index in [0.717, 1.165) is 14.5 Å². The molecule has 0 heterocycles. The summed E-state index contributed by atoms with van der Waals surface area (Å²) in [5, 5.41) is 0. The van der Waals surface area contributed by atoms with Crippen LogP contribution < -0.4 is 9.47 Å². The number of hydrogen-bond donors (Lipinski definition) is 0. The van der Waals surface area contributed by atoms with Crippen molar-refractivity contribution < 1.29 is 14.3 Å². The molecule has 2 aromatic carbocycles. The molecule has 0 unspecified atom stereocenters. The molecule has 0 spiro atoms. The van der Waals surface area contributed by atoms with Gasteiger partial charge in [-0.3, -0.25) is 0 Å². The number of ether oxygens (including phenoxy) is 2. The minimum absolute atomic E-state index is 0.144. The molecule has 3 nitrogen and oxygen atoms in total. The molecule has 0 radical (unpaired) electrons. The predicted octanol–water partition coefficient (Wildman–Crippen LogP) is 6.76. The van der Waals surface area contributed by atoms with Crippen LogP contribution in [0.1, 0.15) is 50.5 Å². The van der Waals surface area contributed by atoms with Crippen LogP contribution in [0.15, 0.2) is 45.3 Å². The minimum atomic E-state index is -0.395. The third-order valence-corrected chi connectivity index (χ3v) is 4.80. The highest BCUT2D eigenvalue weighted by atomic mass is 79.9. The van der Waals surface area contributed by atoms with Gasteiger partial charge in [0.1, 0.15) is 11.5 Å². The van der Waals surface area contributed by atoms with Gasteiger partial charge in [0.05, 0.1) is 16.6 Å². The molecule has 0 saturated heterocycles. The summed E-state index contributed by atoms with van der Waals surface area (Å²) in [6.07, 6.45) is 0. The van der Waals surface area contributed by atoms with Crippen molar-refractivity contribution in [3.8, 4) is 11.5 Å². The van der Waals surface area contributed by atoms with Gasteiger partial charge >= 0.3 is 5.97 Å². The minimum Gasteiger partial charge on any atom is -0.492 e. The van der Waals surface area contributed by atoms with Crippen LogP contribution in [0, 0.1) is 5.92 Å². The summed E-state index contributed by atoms with van der Waals surface area (Å²) in [6.45, 7) is 11.1. The highest BCUT2D eigenvalue weighted by Gasteiger charge is 2.22. The average Bonchev–Trinajstić information content (AvgIpc) is 2.54. The van der Waals surface area contributed by atoms with Crippen LogP contribution in [-0.4, -0.2) is 12.6 Å². The van der Waals surface area contributed by atoms with Gasteiger partial charge in [0.25, 0.3) is 0 Å². The van der Waals surface area contributed by atoms with Gasteiger partial charge in [-0.15, -0.1) is 0 Å².